The fourth-order valence-electron chi connectivity index (χ4n) is 3.73. The Balaban J connectivity index is 1.55. The van der Waals surface area contributed by atoms with E-state index in [0.29, 0.717) is 10.7 Å². The molecule has 1 amide bonds. The standard InChI is InChI=1S/C28H25Cl2N3O5S2/c1-19-7-12-23(17-20(19)2)33(40(37,38)25-13-8-21(29)9-14-25)18-28(34)31-22-10-15-24(16-11-22)39(35,36)32-27-6-4-3-5-26(27)30/h3-17,32H,18H2,1-2H3,(H,31,34). The van der Waals surface area contributed by atoms with E-state index in [-0.39, 0.29) is 26.2 Å². The van der Waals surface area contributed by atoms with Gasteiger partial charge >= 0.3 is 0 Å². The smallest absolute Gasteiger partial charge is 0.264 e. The molecule has 0 heterocycles. The number of carbonyl (C=O) groups excluding carboxylic acids is 1. The van der Waals surface area contributed by atoms with Crippen LogP contribution in [0.15, 0.2) is 101 Å². The number of nitrogens with one attached hydrogen (secondary N) is 2. The molecule has 4 aromatic rings. The Morgan fingerprint density at radius 1 is 0.775 bits per heavy atom. The minimum absolute atomic E-state index is 0.0245. The van der Waals surface area contributed by atoms with Gasteiger partial charge in [-0.2, -0.15) is 0 Å². The van der Waals surface area contributed by atoms with Crippen molar-refractivity contribution in [1.82, 2.24) is 0 Å². The van der Waals surface area contributed by atoms with Crippen LogP contribution in [0.4, 0.5) is 17.1 Å². The molecule has 0 atom stereocenters. The highest BCUT2D eigenvalue weighted by molar-refractivity contribution is 7.93. The number of benzene rings is 4. The highest BCUT2D eigenvalue weighted by Crippen LogP contribution is 2.27. The van der Waals surface area contributed by atoms with Gasteiger partial charge in [-0.05, 0) is 97.8 Å². The van der Waals surface area contributed by atoms with Crippen LogP contribution >= 0.6 is 23.2 Å². The molecule has 0 bridgehead atoms. The summed E-state index contributed by atoms with van der Waals surface area (Å²) >= 11 is 12.0. The zero-order valence-corrected chi connectivity index (χ0v) is 24.6. The Bertz CT molecular complexity index is 1760. The minimum Gasteiger partial charge on any atom is -0.325 e. The van der Waals surface area contributed by atoms with Gasteiger partial charge in [0.05, 0.1) is 26.2 Å². The van der Waals surface area contributed by atoms with E-state index in [1.807, 2.05) is 13.8 Å². The van der Waals surface area contributed by atoms with Crippen molar-refractivity contribution in [2.75, 3.05) is 20.9 Å². The number of nitrogens with zero attached hydrogens (tertiary/aromatic N) is 1. The number of hydrogen-bond acceptors (Lipinski definition) is 5. The van der Waals surface area contributed by atoms with Crippen LogP contribution < -0.4 is 14.3 Å². The average Bonchev–Trinajstić information content (AvgIpc) is 2.91. The van der Waals surface area contributed by atoms with E-state index in [1.165, 1.54) is 54.6 Å². The molecule has 12 heteroatoms. The number of hydrogen-bond donors (Lipinski definition) is 2. The molecule has 0 saturated heterocycles. The molecule has 4 rings (SSSR count). The second-order valence-corrected chi connectivity index (χ2v) is 13.3. The molecule has 4 aromatic carbocycles. The lowest BCUT2D eigenvalue weighted by Gasteiger charge is -2.25. The van der Waals surface area contributed by atoms with Crippen LogP contribution in [0.2, 0.25) is 10.0 Å². The maximum absolute atomic E-state index is 13.6. The summed E-state index contributed by atoms with van der Waals surface area (Å²) in [7, 11) is -8.07. The fourth-order valence-corrected chi connectivity index (χ4v) is 6.58. The molecular weight excluding hydrogens is 593 g/mol. The minimum atomic E-state index is -4.13. The van der Waals surface area contributed by atoms with E-state index in [2.05, 4.69) is 10.0 Å². The van der Waals surface area contributed by atoms with E-state index in [1.54, 1.807) is 36.4 Å². The van der Waals surface area contributed by atoms with Gasteiger partial charge < -0.3 is 5.32 Å². The predicted molar refractivity (Wildman–Crippen MR) is 159 cm³/mol. The Morgan fingerprint density at radius 3 is 2.02 bits per heavy atom. The molecule has 0 aliphatic carbocycles. The second-order valence-electron chi connectivity index (χ2n) is 8.89. The zero-order chi connectivity index (χ0) is 29.1. The van der Waals surface area contributed by atoms with E-state index >= 15 is 0 Å². The number of anilines is 3. The SMILES string of the molecule is Cc1ccc(N(CC(=O)Nc2ccc(S(=O)(=O)Nc3ccccc3Cl)cc2)S(=O)(=O)c2ccc(Cl)cc2)cc1C. The summed E-state index contributed by atoms with van der Waals surface area (Å²) in [5, 5.41) is 3.26. The van der Waals surface area contributed by atoms with Crippen LogP contribution in [0.1, 0.15) is 11.1 Å². The van der Waals surface area contributed by atoms with E-state index in [9.17, 15) is 21.6 Å². The van der Waals surface area contributed by atoms with Crippen molar-refractivity contribution in [1.29, 1.82) is 0 Å². The molecular formula is C28H25Cl2N3O5S2. The van der Waals surface area contributed by atoms with Crippen molar-refractivity contribution < 1.29 is 21.6 Å². The number of amides is 1. The topological polar surface area (TPSA) is 113 Å². The maximum atomic E-state index is 13.6. The highest BCUT2D eigenvalue weighted by atomic mass is 35.5. The summed E-state index contributed by atoms with van der Waals surface area (Å²) < 4.78 is 56.1. The molecule has 40 heavy (non-hydrogen) atoms. The first-order valence-corrected chi connectivity index (χ1v) is 15.6. The Kier molecular flexibility index (Phi) is 8.74. The van der Waals surface area contributed by atoms with Crippen LogP contribution in [0.5, 0.6) is 0 Å². The third kappa shape index (κ3) is 6.76. The first-order chi connectivity index (χ1) is 18.9. The van der Waals surface area contributed by atoms with Crippen molar-refractivity contribution in [2.45, 2.75) is 23.6 Å². The molecule has 0 radical (unpaired) electrons. The van der Waals surface area contributed by atoms with E-state index in [4.69, 9.17) is 23.2 Å². The van der Waals surface area contributed by atoms with Gasteiger partial charge in [0.2, 0.25) is 5.91 Å². The van der Waals surface area contributed by atoms with Crippen LogP contribution in [0.3, 0.4) is 0 Å². The van der Waals surface area contributed by atoms with Crippen LogP contribution in [0, 0.1) is 13.8 Å². The first kappa shape index (κ1) is 29.4. The highest BCUT2D eigenvalue weighted by Gasteiger charge is 2.28. The fraction of sp³-hybridized carbons (Fsp3) is 0.107. The summed E-state index contributed by atoms with van der Waals surface area (Å²) in [4.78, 5) is 13.0. The van der Waals surface area contributed by atoms with Crippen molar-refractivity contribution in [2.24, 2.45) is 0 Å². The normalized spacial score (nSPS) is 11.6. The largest absolute Gasteiger partial charge is 0.325 e. The summed E-state index contributed by atoms with van der Waals surface area (Å²) in [5.41, 5.74) is 2.66. The van der Waals surface area contributed by atoms with Gasteiger partial charge in [0.25, 0.3) is 20.0 Å². The third-order valence-electron chi connectivity index (χ3n) is 6.03. The number of halogens is 2. The molecule has 0 saturated carbocycles. The number of sulfonamides is 2. The monoisotopic (exact) mass is 617 g/mol. The number of aryl methyl sites for hydroxylation is 2. The maximum Gasteiger partial charge on any atom is 0.264 e. The van der Waals surface area contributed by atoms with Crippen molar-refractivity contribution >= 4 is 66.2 Å². The number of carbonyl (C=O) groups is 1. The van der Waals surface area contributed by atoms with E-state index < -0.39 is 32.5 Å². The lowest BCUT2D eigenvalue weighted by atomic mass is 10.1. The summed E-state index contributed by atoms with van der Waals surface area (Å²) in [6, 6.07) is 22.7. The Morgan fingerprint density at radius 2 is 1.40 bits per heavy atom. The second kappa shape index (κ2) is 11.9. The van der Waals surface area contributed by atoms with Crippen molar-refractivity contribution in [3.63, 3.8) is 0 Å². The van der Waals surface area contributed by atoms with Gasteiger partial charge in [0.1, 0.15) is 6.54 Å². The van der Waals surface area contributed by atoms with Gasteiger partial charge in [-0.15, -0.1) is 0 Å². The third-order valence-corrected chi connectivity index (χ3v) is 9.78. The molecule has 0 aromatic heterocycles. The van der Waals surface area contributed by atoms with Crippen molar-refractivity contribution in [3.8, 4) is 0 Å². The molecule has 0 aliphatic heterocycles. The van der Waals surface area contributed by atoms with Crippen molar-refractivity contribution in [3.05, 3.63) is 112 Å². The molecule has 0 unspecified atom stereocenters. The Hall–Kier alpha value is -3.57. The lowest BCUT2D eigenvalue weighted by Crippen LogP contribution is -2.38. The number of para-hydroxylation sites is 1. The molecule has 0 spiro atoms. The van der Waals surface area contributed by atoms with Gasteiger partial charge in [-0.25, -0.2) is 16.8 Å². The molecule has 0 fully saturated rings. The number of rotatable bonds is 9. The molecule has 8 nitrogen and oxygen atoms in total. The molecule has 208 valence electrons. The van der Waals surface area contributed by atoms with Gasteiger partial charge in [0, 0.05) is 10.7 Å². The predicted octanol–water partition coefficient (Wildman–Crippen LogP) is 6.25. The van der Waals surface area contributed by atoms with Crippen LogP contribution in [-0.4, -0.2) is 29.3 Å². The Labute approximate surface area is 243 Å². The summed E-state index contributed by atoms with van der Waals surface area (Å²) in [5.74, 6) is -0.624. The van der Waals surface area contributed by atoms with Gasteiger partial charge in [0.15, 0.2) is 0 Å². The van der Waals surface area contributed by atoms with Crippen LogP contribution in [0.25, 0.3) is 0 Å². The quantitative estimate of drug-likeness (QED) is 0.231. The summed E-state index contributed by atoms with van der Waals surface area (Å²) in [6.45, 7) is 3.22. The van der Waals surface area contributed by atoms with Gasteiger partial charge in [-0.1, -0.05) is 41.4 Å². The van der Waals surface area contributed by atoms with Gasteiger partial charge in [-0.3, -0.25) is 13.8 Å². The zero-order valence-electron chi connectivity index (χ0n) is 21.4. The van der Waals surface area contributed by atoms with E-state index in [0.717, 1.165) is 15.4 Å². The van der Waals surface area contributed by atoms with Crippen LogP contribution in [-0.2, 0) is 24.8 Å². The average molecular weight is 619 g/mol. The first-order valence-electron chi connectivity index (χ1n) is 11.9. The summed E-state index contributed by atoms with van der Waals surface area (Å²) in [6.07, 6.45) is 0. The molecule has 2 N–H and O–H groups in total. The molecule has 0 aliphatic rings. The lowest BCUT2D eigenvalue weighted by molar-refractivity contribution is -0.114.